The van der Waals surface area contributed by atoms with Gasteiger partial charge in [-0.3, -0.25) is 9.78 Å². The number of aromatic nitrogens is 4. The van der Waals surface area contributed by atoms with Gasteiger partial charge in [0.05, 0.1) is 30.8 Å². The summed E-state index contributed by atoms with van der Waals surface area (Å²) in [5.41, 5.74) is 3.42. The van der Waals surface area contributed by atoms with E-state index in [-0.39, 0.29) is 5.91 Å². The first-order chi connectivity index (χ1) is 11.7. The molecule has 0 bridgehead atoms. The van der Waals surface area contributed by atoms with Gasteiger partial charge in [-0.25, -0.2) is 0 Å². The van der Waals surface area contributed by atoms with Crippen LogP contribution >= 0.6 is 11.6 Å². The second-order valence-electron chi connectivity index (χ2n) is 5.62. The average Bonchev–Trinajstić information content (AvgIpc) is 3.08. The Labute approximate surface area is 143 Å². The predicted molar refractivity (Wildman–Crippen MR) is 90.2 cm³/mol. The van der Waals surface area contributed by atoms with Crippen LogP contribution in [-0.4, -0.2) is 32.4 Å². The van der Waals surface area contributed by atoms with Crippen LogP contribution in [0, 0.1) is 0 Å². The Morgan fingerprint density at radius 2 is 1.96 bits per heavy atom. The standard InChI is InChI=1S/C17H14ClN5O/c18-14-1-2-16-13(8-14)3-6-22(17(16)24)15-7-12(9-19-10-15)11-23-20-4-5-21-23/h1-2,4-5,7-10H,3,6,11H2. The fraction of sp³-hybridized carbons (Fsp3) is 0.176. The van der Waals surface area contributed by atoms with E-state index in [9.17, 15) is 4.79 Å². The number of anilines is 1. The Morgan fingerprint density at radius 3 is 2.79 bits per heavy atom. The fourth-order valence-electron chi connectivity index (χ4n) is 2.90. The molecular formula is C17H14ClN5O. The van der Waals surface area contributed by atoms with Crippen molar-refractivity contribution in [3.63, 3.8) is 0 Å². The van der Waals surface area contributed by atoms with Crippen molar-refractivity contribution in [1.29, 1.82) is 0 Å². The third-order valence-corrected chi connectivity index (χ3v) is 4.27. The molecule has 1 amide bonds. The van der Waals surface area contributed by atoms with Crippen LogP contribution in [0.4, 0.5) is 5.69 Å². The Kier molecular flexibility index (Phi) is 3.74. The summed E-state index contributed by atoms with van der Waals surface area (Å²) in [4.78, 5) is 20.4. The third-order valence-electron chi connectivity index (χ3n) is 4.03. The number of rotatable bonds is 3. The summed E-state index contributed by atoms with van der Waals surface area (Å²) in [6, 6.07) is 7.36. The maximum atomic E-state index is 12.8. The van der Waals surface area contributed by atoms with Gasteiger partial charge in [-0.15, -0.1) is 0 Å². The Morgan fingerprint density at radius 1 is 1.12 bits per heavy atom. The van der Waals surface area contributed by atoms with Crippen LogP contribution in [0.3, 0.4) is 0 Å². The average molecular weight is 340 g/mol. The van der Waals surface area contributed by atoms with Gasteiger partial charge in [0, 0.05) is 23.3 Å². The number of carbonyl (C=O) groups is 1. The molecule has 2 aromatic heterocycles. The minimum Gasteiger partial charge on any atom is -0.306 e. The van der Waals surface area contributed by atoms with E-state index in [4.69, 9.17) is 11.6 Å². The number of amides is 1. The molecule has 0 atom stereocenters. The number of benzene rings is 1. The van der Waals surface area contributed by atoms with E-state index in [0.29, 0.717) is 23.7 Å². The lowest BCUT2D eigenvalue weighted by Crippen LogP contribution is -2.37. The highest BCUT2D eigenvalue weighted by Gasteiger charge is 2.25. The van der Waals surface area contributed by atoms with E-state index in [1.807, 2.05) is 12.1 Å². The first-order valence-corrected chi connectivity index (χ1v) is 7.97. The van der Waals surface area contributed by atoms with Crippen LogP contribution < -0.4 is 4.90 Å². The number of halogens is 1. The largest absolute Gasteiger partial charge is 0.306 e. The number of hydrogen-bond acceptors (Lipinski definition) is 4. The van der Waals surface area contributed by atoms with Crippen LogP contribution in [0.15, 0.2) is 49.1 Å². The molecular weight excluding hydrogens is 326 g/mol. The van der Waals surface area contributed by atoms with Crippen LogP contribution in [-0.2, 0) is 13.0 Å². The van der Waals surface area contributed by atoms with Gasteiger partial charge in [0.2, 0.25) is 0 Å². The normalized spacial score (nSPS) is 13.9. The molecule has 0 saturated heterocycles. The van der Waals surface area contributed by atoms with Crippen molar-refractivity contribution in [2.24, 2.45) is 0 Å². The maximum Gasteiger partial charge on any atom is 0.258 e. The van der Waals surface area contributed by atoms with Crippen molar-refractivity contribution in [3.05, 3.63) is 70.8 Å². The molecule has 0 radical (unpaired) electrons. The number of hydrogen-bond donors (Lipinski definition) is 0. The van der Waals surface area contributed by atoms with Crippen molar-refractivity contribution < 1.29 is 4.79 Å². The molecule has 0 fully saturated rings. The topological polar surface area (TPSA) is 63.9 Å². The zero-order chi connectivity index (χ0) is 16.5. The minimum absolute atomic E-state index is 0.0240. The summed E-state index contributed by atoms with van der Waals surface area (Å²) in [7, 11) is 0. The smallest absolute Gasteiger partial charge is 0.258 e. The summed E-state index contributed by atoms with van der Waals surface area (Å²) in [6.07, 6.45) is 7.50. The maximum absolute atomic E-state index is 12.8. The van der Waals surface area contributed by atoms with Crippen molar-refractivity contribution in [2.75, 3.05) is 11.4 Å². The highest BCUT2D eigenvalue weighted by Crippen LogP contribution is 2.26. The van der Waals surface area contributed by atoms with E-state index < -0.39 is 0 Å². The first kappa shape index (κ1) is 14.8. The molecule has 0 spiro atoms. The number of pyridine rings is 1. The van der Waals surface area contributed by atoms with Crippen LogP contribution in [0.5, 0.6) is 0 Å². The van der Waals surface area contributed by atoms with Crippen molar-refractivity contribution >= 4 is 23.2 Å². The highest BCUT2D eigenvalue weighted by molar-refractivity contribution is 6.30. The van der Waals surface area contributed by atoms with Gasteiger partial charge in [-0.2, -0.15) is 15.0 Å². The predicted octanol–water partition coefficient (Wildman–Crippen LogP) is 2.58. The molecule has 7 heteroatoms. The minimum atomic E-state index is -0.0240. The molecule has 0 aliphatic carbocycles. The molecule has 6 nitrogen and oxygen atoms in total. The molecule has 3 aromatic rings. The second-order valence-corrected chi connectivity index (χ2v) is 6.06. The number of fused-ring (bicyclic) bond motifs is 1. The van der Waals surface area contributed by atoms with Crippen molar-refractivity contribution in [1.82, 2.24) is 20.0 Å². The SMILES string of the molecule is O=C1c2ccc(Cl)cc2CCN1c1cncc(Cn2nccn2)c1. The van der Waals surface area contributed by atoms with Gasteiger partial charge >= 0.3 is 0 Å². The molecule has 0 saturated carbocycles. The molecule has 0 N–H and O–H groups in total. The first-order valence-electron chi connectivity index (χ1n) is 7.59. The van der Waals surface area contributed by atoms with E-state index in [1.54, 1.807) is 46.6 Å². The number of carbonyl (C=O) groups excluding carboxylic acids is 1. The molecule has 1 aliphatic heterocycles. The van der Waals surface area contributed by atoms with E-state index >= 15 is 0 Å². The Hall–Kier alpha value is -2.73. The zero-order valence-corrected chi connectivity index (χ0v) is 13.5. The molecule has 1 aliphatic rings. The monoisotopic (exact) mass is 339 g/mol. The van der Waals surface area contributed by atoms with Gasteiger partial charge in [0.25, 0.3) is 5.91 Å². The molecule has 3 heterocycles. The van der Waals surface area contributed by atoms with Gasteiger partial charge in [0.1, 0.15) is 0 Å². The third kappa shape index (κ3) is 2.76. The lowest BCUT2D eigenvalue weighted by Gasteiger charge is -2.28. The summed E-state index contributed by atoms with van der Waals surface area (Å²) >= 11 is 6.02. The summed E-state index contributed by atoms with van der Waals surface area (Å²) in [6.45, 7) is 1.12. The lowest BCUT2D eigenvalue weighted by molar-refractivity contribution is 0.0980. The summed E-state index contributed by atoms with van der Waals surface area (Å²) in [5, 5.41) is 8.84. The Balaban J connectivity index is 1.62. The summed E-state index contributed by atoms with van der Waals surface area (Å²) < 4.78 is 0. The lowest BCUT2D eigenvalue weighted by atomic mass is 9.98. The highest BCUT2D eigenvalue weighted by atomic mass is 35.5. The molecule has 4 rings (SSSR count). The van der Waals surface area contributed by atoms with E-state index in [0.717, 1.165) is 23.2 Å². The van der Waals surface area contributed by atoms with Gasteiger partial charge in [0.15, 0.2) is 0 Å². The Bertz CT molecular complexity index is 894. The quantitative estimate of drug-likeness (QED) is 0.735. The van der Waals surface area contributed by atoms with Gasteiger partial charge in [-0.05, 0) is 41.8 Å². The van der Waals surface area contributed by atoms with Gasteiger partial charge in [-0.1, -0.05) is 11.6 Å². The van der Waals surface area contributed by atoms with Crippen molar-refractivity contribution in [2.45, 2.75) is 13.0 Å². The van der Waals surface area contributed by atoms with Crippen LogP contribution in [0.1, 0.15) is 21.5 Å². The fourth-order valence-corrected chi connectivity index (χ4v) is 3.09. The van der Waals surface area contributed by atoms with Gasteiger partial charge < -0.3 is 4.90 Å². The van der Waals surface area contributed by atoms with Crippen LogP contribution in [0.25, 0.3) is 0 Å². The van der Waals surface area contributed by atoms with E-state index in [2.05, 4.69) is 15.2 Å². The molecule has 1 aromatic carbocycles. The summed E-state index contributed by atoms with van der Waals surface area (Å²) in [5.74, 6) is -0.0240. The second kappa shape index (κ2) is 6.05. The number of nitrogens with zero attached hydrogens (tertiary/aromatic N) is 5. The zero-order valence-electron chi connectivity index (χ0n) is 12.8. The molecule has 0 unspecified atom stereocenters. The van der Waals surface area contributed by atoms with E-state index in [1.165, 1.54) is 0 Å². The van der Waals surface area contributed by atoms with Crippen LogP contribution in [0.2, 0.25) is 5.02 Å². The molecule has 120 valence electrons. The van der Waals surface area contributed by atoms with Crippen molar-refractivity contribution in [3.8, 4) is 0 Å². The molecule has 24 heavy (non-hydrogen) atoms.